The monoisotopic (exact) mass is 291 g/mol. The van der Waals surface area contributed by atoms with Crippen LogP contribution < -0.4 is 10.2 Å². The smallest absolute Gasteiger partial charge is 0.251 e. The Bertz CT molecular complexity index is 476. The lowest BCUT2D eigenvalue weighted by molar-refractivity contribution is 0.0936. The normalized spacial score (nSPS) is 18.7. The molecule has 1 heterocycles. The van der Waals surface area contributed by atoms with Gasteiger partial charge in [0.05, 0.1) is 6.61 Å². The van der Waals surface area contributed by atoms with E-state index in [1.54, 1.807) is 7.11 Å². The summed E-state index contributed by atoms with van der Waals surface area (Å²) >= 11 is 0. The van der Waals surface area contributed by atoms with E-state index in [-0.39, 0.29) is 11.9 Å². The van der Waals surface area contributed by atoms with E-state index in [1.807, 2.05) is 43.3 Å². The van der Waals surface area contributed by atoms with E-state index in [0.29, 0.717) is 0 Å². The Morgan fingerprint density at radius 3 is 3.00 bits per heavy atom. The number of amides is 1. The number of hydrogen-bond donors (Lipinski definition) is 1. The minimum atomic E-state index is 0.0114. The fraction of sp³-hybridized carbons (Fsp3) is 0.562. The molecule has 1 aliphatic heterocycles. The molecule has 1 fully saturated rings. The summed E-state index contributed by atoms with van der Waals surface area (Å²) in [7, 11) is 5.66. The Morgan fingerprint density at radius 2 is 2.29 bits per heavy atom. The van der Waals surface area contributed by atoms with Gasteiger partial charge in [0.1, 0.15) is 0 Å². The van der Waals surface area contributed by atoms with E-state index < -0.39 is 0 Å². The second-order valence-corrected chi connectivity index (χ2v) is 5.70. The van der Waals surface area contributed by atoms with Gasteiger partial charge in [-0.1, -0.05) is 6.07 Å². The fourth-order valence-electron chi connectivity index (χ4n) is 2.57. The number of hydrogen-bond acceptors (Lipinski definition) is 4. The summed E-state index contributed by atoms with van der Waals surface area (Å²) in [4.78, 5) is 16.6. The average molecular weight is 291 g/mol. The molecule has 0 saturated carbocycles. The Morgan fingerprint density at radius 1 is 1.48 bits per heavy atom. The van der Waals surface area contributed by atoms with Crippen molar-refractivity contribution in [1.82, 2.24) is 10.2 Å². The Kier molecular flexibility index (Phi) is 5.59. The molecule has 1 aromatic rings. The third-order valence-electron chi connectivity index (χ3n) is 3.84. The highest BCUT2D eigenvalue weighted by Crippen LogP contribution is 2.14. The molecule has 116 valence electrons. The number of benzene rings is 1. The first-order valence-electron chi connectivity index (χ1n) is 7.39. The van der Waals surface area contributed by atoms with Gasteiger partial charge in [-0.25, -0.2) is 0 Å². The lowest BCUT2D eigenvalue weighted by Gasteiger charge is -2.17. The number of anilines is 1. The van der Waals surface area contributed by atoms with E-state index in [1.165, 1.54) is 0 Å². The van der Waals surface area contributed by atoms with Gasteiger partial charge in [0.25, 0.3) is 5.91 Å². The number of rotatable bonds is 6. The van der Waals surface area contributed by atoms with Crippen molar-refractivity contribution in [2.75, 3.05) is 52.3 Å². The van der Waals surface area contributed by atoms with Crippen molar-refractivity contribution in [3.63, 3.8) is 0 Å². The van der Waals surface area contributed by atoms with Crippen LogP contribution in [0.4, 0.5) is 5.69 Å². The number of nitrogens with one attached hydrogen (secondary N) is 1. The summed E-state index contributed by atoms with van der Waals surface area (Å²) in [5, 5.41) is 3.13. The van der Waals surface area contributed by atoms with Crippen molar-refractivity contribution in [3.8, 4) is 0 Å². The van der Waals surface area contributed by atoms with Gasteiger partial charge < -0.3 is 15.0 Å². The number of carbonyl (C=O) groups is 1. The molecule has 0 aromatic heterocycles. The van der Waals surface area contributed by atoms with Crippen LogP contribution in [0.1, 0.15) is 16.8 Å². The highest BCUT2D eigenvalue weighted by Gasteiger charge is 2.23. The minimum absolute atomic E-state index is 0.0114. The molecule has 0 bridgehead atoms. The molecule has 5 heteroatoms. The Labute approximate surface area is 126 Å². The molecule has 1 saturated heterocycles. The van der Waals surface area contributed by atoms with E-state index in [2.05, 4.69) is 10.2 Å². The van der Waals surface area contributed by atoms with Crippen LogP contribution in [0.2, 0.25) is 0 Å². The second kappa shape index (κ2) is 7.43. The molecule has 1 aromatic carbocycles. The van der Waals surface area contributed by atoms with Crippen LogP contribution >= 0.6 is 0 Å². The highest BCUT2D eigenvalue weighted by molar-refractivity contribution is 5.95. The number of nitrogens with zero attached hydrogens (tertiary/aromatic N) is 2. The maximum Gasteiger partial charge on any atom is 0.251 e. The largest absolute Gasteiger partial charge is 0.383 e. The molecule has 1 amide bonds. The summed E-state index contributed by atoms with van der Waals surface area (Å²) in [5.41, 5.74) is 1.76. The third kappa shape index (κ3) is 4.44. The van der Waals surface area contributed by atoms with Gasteiger partial charge in [-0.2, -0.15) is 0 Å². The van der Waals surface area contributed by atoms with E-state index in [9.17, 15) is 4.79 Å². The van der Waals surface area contributed by atoms with E-state index in [4.69, 9.17) is 4.74 Å². The quantitative estimate of drug-likeness (QED) is 0.855. The molecule has 0 radical (unpaired) electrons. The predicted octanol–water partition coefficient (Wildman–Crippen LogP) is 1.20. The molecule has 1 atom stereocenters. The van der Waals surface area contributed by atoms with Crippen molar-refractivity contribution < 1.29 is 9.53 Å². The summed E-state index contributed by atoms with van der Waals surface area (Å²) in [6.45, 7) is 3.60. The SMILES string of the molecule is COCCN1CC[C@H](NC(=O)c2cccc(N(C)C)c2)C1. The van der Waals surface area contributed by atoms with Crippen LogP contribution in [0.25, 0.3) is 0 Å². The minimum Gasteiger partial charge on any atom is -0.383 e. The molecular formula is C16H25N3O2. The number of likely N-dealkylation sites (tertiary alicyclic amines) is 1. The second-order valence-electron chi connectivity index (χ2n) is 5.70. The maximum atomic E-state index is 12.3. The Balaban J connectivity index is 1.89. The zero-order valence-electron chi connectivity index (χ0n) is 13.1. The van der Waals surface area contributed by atoms with Crippen LogP contribution in [-0.2, 0) is 4.74 Å². The average Bonchev–Trinajstić information content (AvgIpc) is 2.92. The molecule has 5 nitrogen and oxygen atoms in total. The zero-order valence-corrected chi connectivity index (χ0v) is 13.1. The lowest BCUT2D eigenvalue weighted by atomic mass is 10.1. The highest BCUT2D eigenvalue weighted by atomic mass is 16.5. The summed E-state index contributed by atoms with van der Waals surface area (Å²) < 4.78 is 5.09. The van der Waals surface area contributed by atoms with Crippen LogP contribution in [0.3, 0.4) is 0 Å². The summed E-state index contributed by atoms with van der Waals surface area (Å²) in [5.74, 6) is 0.0114. The third-order valence-corrected chi connectivity index (χ3v) is 3.84. The first-order valence-corrected chi connectivity index (χ1v) is 7.39. The van der Waals surface area contributed by atoms with Gasteiger partial charge in [0.15, 0.2) is 0 Å². The molecule has 0 spiro atoms. The molecule has 2 rings (SSSR count). The fourth-order valence-corrected chi connectivity index (χ4v) is 2.57. The molecule has 0 aliphatic carbocycles. The topological polar surface area (TPSA) is 44.8 Å². The summed E-state index contributed by atoms with van der Waals surface area (Å²) in [6.07, 6.45) is 1.00. The first kappa shape index (κ1) is 15.8. The van der Waals surface area contributed by atoms with Crippen molar-refractivity contribution in [1.29, 1.82) is 0 Å². The van der Waals surface area contributed by atoms with Gasteiger partial charge in [-0.15, -0.1) is 0 Å². The van der Waals surface area contributed by atoms with Crippen LogP contribution in [0, 0.1) is 0 Å². The zero-order chi connectivity index (χ0) is 15.2. The van der Waals surface area contributed by atoms with Gasteiger partial charge in [-0.3, -0.25) is 9.69 Å². The van der Waals surface area contributed by atoms with E-state index >= 15 is 0 Å². The number of ether oxygens (including phenoxy) is 1. The van der Waals surface area contributed by atoms with Gasteiger partial charge >= 0.3 is 0 Å². The van der Waals surface area contributed by atoms with E-state index in [0.717, 1.165) is 43.9 Å². The predicted molar refractivity (Wildman–Crippen MR) is 85.0 cm³/mol. The molecule has 1 aliphatic rings. The van der Waals surface area contributed by atoms with Gasteiger partial charge in [0, 0.05) is 58.1 Å². The van der Waals surface area contributed by atoms with Gasteiger partial charge in [-0.05, 0) is 24.6 Å². The summed E-state index contributed by atoms with van der Waals surface area (Å²) in [6, 6.07) is 7.94. The molecule has 21 heavy (non-hydrogen) atoms. The molecular weight excluding hydrogens is 266 g/mol. The first-order chi connectivity index (χ1) is 10.1. The van der Waals surface area contributed by atoms with Crippen LogP contribution in [-0.4, -0.2) is 64.3 Å². The maximum absolute atomic E-state index is 12.3. The van der Waals surface area contributed by atoms with Gasteiger partial charge in [0.2, 0.25) is 0 Å². The molecule has 1 N–H and O–H groups in total. The molecule has 0 unspecified atom stereocenters. The van der Waals surface area contributed by atoms with Crippen molar-refractivity contribution >= 4 is 11.6 Å². The Hall–Kier alpha value is -1.59. The standard InChI is InChI=1S/C16H25N3O2/c1-18(2)15-6-4-5-13(11-15)16(20)17-14-7-8-19(12-14)9-10-21-3/h4-6,11,14H,7-10,12H2,1-3H3,(H,17,20)/t14-/m0/s1. The van der Waals surface area contributed by atoms with Crippen molar-refractivity contribution in [2.45, 2.75) is 12.5 Å². The van der Waals surface area contributed by atoms with Crippen LogP contribution in [0.5, 0.6) is 0 Å². The van der Waals surface area contributed by atoms with Crippen LogP contribution in [0.15, 0.2) is 24.3 Å². The lowest BCUT2D eigenvalue weighted by Crippen LogP contribution is -2.37. The van der Waals surface area contributed by atoms with Crippen molar-refractivity contribution in [2.24, 2.45) is 0 Å². The number of methoxy groups -OCH3 is 1. The number of carbonyl (C=O) groups excluding carboxylic acids is 1. The van der Waals surface area contributed by atoms with Crippen molar-refractivity contribution in [3.05, 3.63) is 29.8 Å².